The second-order valence-corrected chi connectivity index (χ2v) is 8.95. The predicted octanol–water partition coefficient (Wildman–Crippen LogP) is 4.70. The van der Waals surface area contributed by atoms with E-state index in [1.165, 1.54) is 41.2 Å². The van der Waals surface area contributed by atoms with Gasteiger partial charge in [-0.1, -0.05) is 6.07 Å². The van der Waals surface area contributed by atoms with Crippen LogP contribution in [0.5, 0.6) is 11.6 Å². The van der Waals surface area contributed by atoms with Crippen molar-refractivity contribution in [1.82, 2.24) is 24.8 Å². The third kappa shape index (κ3) is 5.67. The van der Waals surface area contributed by atoms with E-state index in [1.807, 2.05) is 4.90 Å². The van der Waals surface area contributed by atoms with E-state index >= 15 is 4.39 Å². The van der Waals surface area contributed by atoms with Crippen LogP contribution in [0.4, 0.5) is 28.0 Å². The number of aromatic nitrogens is 3. The summed E-state index contributed by atoms with van der Waals surface area (Å²) in [6, 6.07) is 9.29. The smallest absolute Gasteiger partial charge is 0.416 e. The first-order valence-corrected chi connectivity index (χ1v) is 11.9. The average molecular weight is 542 g/mol. The second kappa shape index (κ2) is 10.3. The number of amides is 2. The minimum atomic E-state index is -4.56. The van der Waals surface area contributed by atoms with Crippen LogP contribution in [0, 0.1) is 12.7 Å². The van der Waals surface area contributed by atoms with E-state index < -0.39 is 23.6 Å². The quantitative estimate of drug-likeness (QED) is 0.355. The lowest BCUT2D eigenvalue weighted by Crippen LogP contribution is -2.47. The molecule has 2 N–H and O–H groups in total. The topological polar surface area (TPSA) is 101 Å². The number of fused-ring (bicyclic) bond motifs is 1. The summed E-state index contributed by atoms with van der Waals surface area (Å²) in [6.45, 7) is 3.40. The van der Waals surface area contributed by atoms with Crippen LogP contribution in [0.25, 0.3) is 10.9 Å². The summed E-state index contributed by atoms with van der Waals surface area (Å²) < 4.78 is 61.4. The number of halogens is 4. The Kier molecular flexibility index (Phi) is 6.91. The number of carbonyl (C=O) groups is 2. The number of aryl methyl sites for hydroxylation is 1. The molecule has 2 aromatic heterocycles. The number of benzene rings is 2. The first-order valence-electron chi connectivity index (χ1n) is 11.9. The van der Waals surface area contributed by atoms with Crippen molar-refractivity contribution in [2.24, 2.45) is 0 Å². The second-order valence-electron chi connectivity index (χ2n) is 8.95. The first-order chi connectivity index (χ1) is 18.6. The molecule has 0 saturated carbocycles. The standard InChI is InChI=1S/C26H22F4N6O3/c1-15-9-19-20(36(15)25(38)34-17-4-2-3-16(10-17)26(28,29)30)5-6-21(24(19)27)39-23-11-18(32-14-33-23)12-35-8-7-31-22(37)13-35/h2-6,9-11,14H,7-8,12-13H2,1H3,(H,31,37)(H,34,38). The fraction of sp³-hybridized carbons (Fsp3) is 0.231. The molecular weight excluding hydrogens is 520 g/mol. The number of carbonyl (C=O) groups excluding carboxylic acids is 2. The van der Waals surface area contributed by atoms with Crippen LogP contribution >= 0.6 is 0 Å². The van der Waals surface area contributed by atoms with E-state index in [0.717, 1.165) is 12.1 Å². The van der Waals surface area contributed by atoms with Crippen LogP contribution in [0.1, 0.15) is 17.0 Å². The van der Waals surface area contributed by atoms with Crippen LogP contribution in [0.3, 0.4) is 0 Å². The monoisotopic (exact) mass is 542 g/mol. The number of hydrogen-bond acceptors (Lipinski definition) is 6. The molecule has 2 amide bonds. The molecule has 1 aliphatic rings. The maximum absolute atomic E-state index is 15.4. The fourth-order valence-electron chi connectivity index (χ4n) is 4.35. The highest BCUT2D eigenvalue weighted by molar-refractivity contribution is 6.00. The third-order valence-corrected chi connectivity index (χ3v) is 6.13. The first kappa shape index (κ1) is 26.1. The SMILES string of the molecule is Cc1cc2c(F)c(Oc3cc(CN4CCNC(=O)C4)ncn3)ccc2n1C(=O)Nc1cccc(C(F)(F)F)c1. The molecule has 3 heterocycles. The Balaban J connectivity index is 1.36. The minimum Gasteiger partial charge on any atom is -0.436 e. The van der Waals surface area contributed by atoms with Crippen LogP contribution in [0.2, 0.25) is 0 Å². The zero-order valence-electron chi connectivity index (χ0n) is 20.6. The van der Waals surface area contributed by atoms with Crippen molar-refractivity contribution in [3.05, 3.63) is 77.6 Å². The van der Waals surface area contributed by atoms with E-state index in [2.05, 4.69) is 20.6 Å². The molecule has 1 saturated heterocycles. The summed E-state index contributed by atoms with van der Waals surface area (Å²) in [4.78, 5) is 34.7. The van der Waals surface area contributed by atoms with Gasteiger partial charge in [0.15, 0.2) is 11.6 Å². The Morgan fingerprint density at radius 3 is 2.74 bits per heavy atom. The molecule has 13 heteroatoms. The largest absolute Gasteiger partial charge is 0.436 e. The Morgan fingerprint density at radius 1 is 1.15 bits per heavy atom. The van der Waals surface area contributed by atoms with Crippen molar-refractivity contribution in [3.8, 4) is 11.6 Å². The molecule has 0 aliphatic carbocycles. The summed E-state index contributed by atoms with van der Waals surface area (Å²) >= 11 is 0. The van der Waals surface area contributed by atoms with Gasteiger partial charge < -0.3 is 15.4 Å². The number of anilines is 1. The molecule has 5 rings (SSSR count). The van der Waals surface area contributed by atoms with Crippen molar-refractivity contribution < 1.29 is 31.9 Å². The minimum absolute atomic E-state index is 0.0544. The number of ether oxygens (including phenoxy) is 1. The van der Waals surface area contributed by atoms with Gasteiger partial charge in [-0.2, -0.15) is 13.2 Å². The molecule has 0 radical (unpaired) electrons. The molecule has 4 aromatic rings. The van der Waals surface area contributed by atoms with Crippen molar-refractivity contribution in [3.63, 3.8) is 0 Å². The highest BCUT2D eigenvalue weighted by Crippen LogP contribution is 2.33. The highest BCUT2D eigenvalue weighted by Gasteiger charge is 2.30. The number of hydrogen-bond donors (Lipinski definition) is 2. The average Bonchev–Trinajstić information content (AvgIpc) is 3.22. The predicted molar refractivity (Wildman–Crippen MR) is 133 cm³/mol. The van der Waals surface area contributed by atoms with E-state index in [1.54, 1.807) is 13.0 Å². The molecule has 0 unspecified atom stereocenters. The van der Waals surface area contributed by atoms with E-state index in [9.17, 15) is 22.8 Å². The van der Waals surface area contributed by atoms with E-state index in [0.29, 0.717) is 31.0 Å². The maximum Gasteiger partial charge on any atom is 0.416 e. The summed E-state index contributed by atoms with van der Waals surface area (Å²) in [5.74, 6) is -0.861. The Hall–Kier alpha value is -4.52. The molecular formula is C26H22F4N6O3. The Bertz CT molecular complexity index is 1570. The van der Waals surface area contributed by atoms with Gasteiger partial charge in [0.2, 0.25) is 11.8 Å². The van der Waals surface area contributed by atoms with Gasteiger partial charge in [-0.05, 0) is 43.3 Å². The summed E-state index contributed by atoms with van der Waals surface area (Å²) in [5.41, 5.74) is 0.191. The third-order valence-electron chi connectivity index (χ3n) is 6.13. The van der Waals surface area contributed by atoms with Gasteiger partial charge in [-0.3, -0.25) is 14.3 Å². The van der Waals surface area contributed by atoms with Gasteiger partial charge in [0, 0.05) is 42.5 Å². The fourth-order valence-corrected chi connectivity index (χ4v) is 4.35. The molecule has 202 valence electrons. The van der Waals surface area contributed by atoms with Crippen molar-refractivity contribution >= 4 is 28.5 Å². The van der Waals surface area contributed by atoms with Gasteiger partial charge in [0.1, 0.15) is 6.33 Å². The molecule has 0 bridgehead atoms. The van der Waals surface area contributed by atoms with Gasteiger partial charge >= 0.3 is 12.2 Å². The number of rotatable bonds is 5. The molecule has 1 fully saturated rings. The molecule has 0 spiro atoms. The maximum atomic E-state index is 15.4. The molecule has 2 aromatic carbocycles. The zero-order valence-corrected chi connectivity index (χ0v) is 20.6. The van der Waals surface area contributed by atoms with Crippen molar-refractivity contribution in [2.45, 2.75) is 19.6 Å². The summed E-state index contributed by atoms with van der Waals surface area (Å²) in [6.07, 6.45) is -3.28. The molecule has 1 aliphatic heterocycles. The molecule has 0 atom stereocenters. The van der Waals surface area contributed by atoms with Crippen LogP contribution in [0.15, 0.2) is 54.9 Å². The lowest BCUT2D eigenvalue weighted by Gasteiger charge is -2.25. The molecule has 9 nitrogen and oxygen atoms in total. The van der Waals surface area contributed by atoms with Gasteiger partial charge in [0.25, 0.3) is 0 Å². The Morgan fingerprint density at radius 2 is 1.97 bits per heavy atom. The Labute approximate surface area is 219 Å². The summed E-state index contributed by atoms with van der Waals surface area (Å²) in [5, 5.41) is 5.26. The van der Waals surface area contributed by atoms with Gasteiger partial charge in [-0.15, -0.1) is 0 Å². The van der Waals surface area contributed by atoms with Crippen LogP contribution < -0.4 is 15.4 Å². The normalized spacial score (nSPS) is 14.3. The van der Waals surface area contributed by atoms with E-state index in [4.69, 9.17) is 4.74 Å². The summed E-state index contributed by atoms with van der Waals surface area (Å²) in [7, 11) is 0. The van der Waals surface area contributed by atoms with Crippen molar-refractivity contribution in [2.75, 3.05) is 25.0 Å². The number of nitrogens with one attached hydrogen (secondary N) is 2. The zero-order chi connectivity index (χ0) is 27.7. The van der Waals surface area contributed by atoms with Gasteiger partial charge in [-0.25, -0.2) is 19.2 Å². The lowest BCUT2D eigenvalue weighted by molar-refractivity contribution is -0.137. The number of alkyl halides is 3. The number of nitrogens with zero attached hydrogens (tertiary/aromatic N) is 4. The van der Waals surface area contributed by atoms with Crippen LogP contribution in [-0.2, 0) is 17.5 Å². The highest BCUT2D eigenvalue weighted by atomic mass is 19.4. The van der Waals surface area contributed by atoms with E-state index in [-0.39, 0.29) is 40.7 Å². The van der Waals surface area contributed by atoms with Crippen molar-refractivity contribution in [1.29, 1.82) is 0 Å². The van der Waals surface area contributed by atoms with Crippen LogP contribution in [-0.4, -0.2) is 51.0 Å². The lowest BCUT2D eigenvalue weighted by atomic mass is 10.2. The number of piperazine rings is 1. The van der Waals surface area contributed by atoms with Gasteiger partial charge in [0.05, 0.1) is 23.3 Å². The molecule has 39 heavy (non-hydrogen) atoms.